The summed E-state index contributed by atoms with van der Waals surface area (Å²) >= 11 is 1.71. The average Bonchev–Trinajstić information content (AvgIpc) is 3.05. The van der Waals surface area contributed by atoms with Crippen LogP contribution < -0.4 is 0 Å². The molecule has 0 aliphatic heterocycles. The van der Waals surface area contributed by atoms with Crippen molar-refractivity contribution in [1.82, 2.24) is 19.8 Å². The Kier molecular flexibility index (Phi) is 4.01. The van der Waals surface area contributed by atoms with Gasteiger partial charge in [0, 0.05) is 11.3 Å². The molecule has 4 rings (SSSR count). The van der Waals surface area contributed by atoms with Gasteiger partial charge in [-0.15, -0.1) is 10.2 Å². The number of rotatable bonds is 4. The molecule has 0 bridgehead atoms. The lowest BCUT2D eigenvalue weighted by molar-refractivity contribution is 0.860. The number of hydrogen-bond acceptors (Lipinski definition) is 4. The van der Waals surface area contributed by atoms with Gasteiger partial charge in [0.1, 0.15) is 5.03 Å². The molecule has 0 radical (unpaired) electrons. The lowest BCUT2D eigenvalue weighted by atomic mass is 10.2. The Labute approximate surface area is 144 Å². The molecule has 24 heavy (non-hydrogen) atoms. The van der Waals surface area contributed by atoms with Crippen LogP contribution in [0.1, 0.15) is 11.1 Å². The van der Waals surface area contributed by atoms with E-state index < -0.39 is 0 Å². The fourth-order valence-electron chi connectivity index (χ4n) is 2.46. The SMILES string of the molecule is Cc1ccc(CSc2ccc3nnc(-c4ccccc4)n3n2)cc1. The van der Waals surface area contributed by atoms with Gasteiger partial charge in [0.25, 0.3) is 0 Å². The normalized spacial score (nSPS) is 11.0. The van der Waals surface area contributed by atoms with E-state index in [1.165, 1.54) is 11.1 Å². The first-order valence-corrected chi connectivity index (χ1v) is 8.74. The molecular formula is C19H16N4S. The smallest absolute Gasteiger partial charge is 0.185 e. The Balaban J connectivity index is 1.61. The number of aryl methyl sites for hydroxylation is 1. The first kappa shape index (κ1) is 14.9. The van der Waals surface area contributed by atoms with Crippen molar-refractivity contribution >= 4 is 17.4 Å². The summed E-state index contributed by atoms with van der Waals surface area (Å²) in [5.74, 6) is 1.66. The van der Waals surface area contributed by atoms with Gasteiger partial charge in [0.2, 0.25) is 0 Å². The largest absolute Gasteiger partial charge is 0.192 e. The summed E-state index contributed by atoms with van der Waals surface area (Å²) in [5, 5.41) is 14.1. The van der Waals surface area contributed by atoms with Crippen LogP contribution in [0.15, 0.2) is 71.8 Å². The summed E-state index contributed by atoms with van der Waals surface area (Å²) in [4.78, 5) is 0. The first-order chi connectivity index (χ1) is 11.8. The highest BCUT2D eigenvalue weighted by Gasteiger charge is 2.09. The maximum absolute atomic E-state index is 4.70. The monoisotopic (exact) mass is 332 g/mol. The zero-order valence-electron chi connectivity index (χ0n) is 13.3. The minimum atomic E-state index is 0.758. The molecule has 2 aromatic heterocycles. The van der Waals surface area contributed by atoms with E-state index in [2.05, 4.69) is 41.4 Å². The summed E-state index contributed by atoms with van der Waals surface area (Å²) in [6, 6.07) is 22.6. The van der Waals surface area contributed by atoms with Crippen molar-refractivity contribution in [3.63, 3.8) is 0 Å². The molecule has 0 saturated carbocycles. The minimum Gasteiger partial charge on any atom is -0.192 e. The Hall–Kier alpha value is -2.66. The van der Waals surface area contributed by atoms with Crippen molar-refractivity contribution in [2.45, 2.75) is 17.7 Å². The molecule has 0 aliphatic carbocycles. The Morgan fingerprint density at radius 2 is 1.67 bits per heavy atom. The summed E-state index contributed by atoms with van der Waals surface area (Å²) in [6.45, 7) is 2.10. The molecule has 0 aliphatic rings. The number of hydrogen-bond donors (Lipinski definition) is 0. The van der Waals surface area contributed by atoms with Crippen molar-refractivity contribution in [2.24, 2.45) is 0 Å². The van der Waals surface area contributed by atoms with E-state index in [-0.39, 0.29) is 0 Å². The summed E-state index contributed by atoms with van der Waals surface area (Å²) in [7, 11) is 0. The van der Waals surface area contributed by atoms with Crippen LogP contribution in [0.4, 0.5) is 0 Å². The quantitative estimate of drug-likeness (QED) is 0.520. The number of aromatic nitrogens is 4. The van der Waals surface area contributed by atoms with E-state index in [4.69, 9.17) is 5.10 Å². The molecule has 5 heteroatoms. The fraction of sp³-hybridized carbons (Fsp3) is 0.105. The molecule has 0 N–H and O–H groups in total. The lowest BCUT2D eigenvalue weighted by Crippen LogP contribution is -1.96. The highest BCUT2D eigenvalue weighted by Crippen LogP contribution is 2.23. The van der Waals surface area contributed by atoms with Crippen LogP contribution in [0, 0.1) is 6.92 Å². The molecular weight excluding hydrogens is 316 g/mol. The highest BCUT2D eigenvalue weighted by atomic mass is 32.2. The van der Waals surface area contributed by atoms with Crippen molar-refractivity contribution in [3.05, 3.63) is 77.9 Å². The van der Waals surface area contributed by atoms with Gasteiger partial charge >= 0.3 is 0 Å². The van der Waals surface area contributed by atoms with Crippen molar-refractivity contribution < 1.29 is 0 Å². The van der Waals surface area contributed by atoms with Crippen molar-refractivity contribution in [2.75, 3.05) is 0 Å². The number of benzene rings is 2. The maximum Gasteiger partial charge on any atom is 0.185 e. The molecule has 0 unspecified atom stereocenters. The predicted octanol–water partition coefficient (Wildman–Crippen LogP) is 4.39. The summed E-state index contributed by atoms with van der Waals surface area (Å²) < 4.78 is 1.81. The molecule has 118 valence electrons. The third kappa shape index (κ3) is 3.03. The molecule has 4 aromatic rings. The van der Waals surface area contributed by atoms with Gasteiger partial charge in [-0.1, -0.05) is 71.9 Å². The van der Waals surface area contributed by atoms with Gasteiger partial charge in [-0.2, -0.15) is 9.61 Å². The Bertz CT molecular complexity index is 962. The second-order valence-electron chi connectivity index (χ2n) is 5.61. The van der Waals surface area contributed by atoms with Crippen LogP contribution in [-0.4, -0.2) is 19.8 Å². The second-order valence-corrected chi connectivity index (χ2v) is 6.60. The molecule has 0 atom stereocenters. The van der Waals surface area contributed by atoms with E-state index >= 15 is 0 Å². The second kappa shape index (κ2) is 6.45. The number of fused-ring (bicyclic) bond motifs is 1. The molecule has 0 saturated heterocycles. The van der Waals surface area contributed by atoms with Crippen LogP contribution in [-0.2, 0) is 5.75 Å². The zero-order valence-corrected chi connectivity index (χ0v) is 14.1. The molecule has 0 amide bonds. The fourth-order valence-corrected chi connectivity index (χ4v) is 3.27. The maximum atomic E-state index is 4.70. The first-order valence-electron chi connectivity index (χ1n) is 7.76. The van der Waals surface area contributed by atoms with Crippen LogP contribution >= 0.6 is 11.8 Å². The van der Waals surface area contributed by atoms with Crippen LogP contribution in [0.2, 0.25) is 0 Å². The van der Waals surface area contributed by atoms with E-state index in [9.17, 15) is 0 Å². The highest BCUT2D eigenvalue weighted by molar-refractivity contribution is 7.98. The van der Waals surface area contributed by atoms with E-state index in [1.807, 2.05) is 47.0 Å². The summed E-state index contributed by atoms with van der Waals surface area (Å²) in [5.41, 5.74) is 4.34. The molecule has 0 spiro atoms. The number of thioether (sulfide) groups is 1. The summed E-state index contributed by atoms with van der Waals surface area (Å²) in [6.07, 6.45) is 0. The molecule has 2 aromatic carbocycles. The van der Waals surface area contributed by atoms with E-state index in [1.54, 1.807) is 11.8 Å². The van der Waals surface area contributed by atoms with Crippen molar-refractivity contribution in [1.29, 1.82) is 0 Å². The third-order valence-corrected chi connectivity index (χ3v) is 4.77. The zero-order chi connectivity index (χ0) is 16.4. The average molecular weight is 332 g/mol. The lowest BCUT2D eigenvalue weighted by Gasteiger charge is -2.04. The van der Waals surface area contributed by atoms with Gasteiger partial charge in [-0.05, 0) is 24.6 Å². The Morgan fingerprint density at radius 3 is 2.46 bits per heavy atom. The van der Waals surface area contributed by atoms with Gasteiger partial charge in [0.15, 0.2) is 11.5 Å². The van der Waals surface area contributed by atoms with Gasteiger partial charge in [0.05, 0.1) is 0 Å². The Morgan fingerprint density at radius 1 is 0.875 bits per heavy atom. The van der Waals surface area contributed by atoms with Gasteiger partial charge in [-0.3, -0.25) is 0 Å². The van der Waals surface area contributed by atoms with Crippen LogP contribution in [0.3, 0.4) is 0 Å². The number of nitrogens with zero attached hydrogens (tertiary/aromatic N) is 4. The topological polar surface area (TPSA) is 43.1 Å². The van der Waals surface area contributed by atoms with Crippen LogP contribution in [0.5, 0.6) is 0 Å². The molecule has 2 heterocycles. The van der Waals surface area contributed by atoms with Gasteiger partial charge in [-0.25, -0.2) is 0 Å². The van der Waals surface area contributed by atoms with E-state index in [0.717, 1.165) is 27.8 Å². The standard InChI is InChI=1S/C19H16N4S/c1-14-7-9-15(10-8-14)13-24-18-12-11-17-20-21-19(23(17)22-18)16-5-3-2-4-6-16/h2-12H,13H2,1H3. The third-order valence-electron chi connectivity index (χ3n) is 3.78. The van der Waals surface area contributed by atoms with E-state index in [0.29, 0.717) is 0 Å². The van der Waals surface area contributed by atoms with Crippen molar-refractivity contribution in [3.8, 4) is 11.4 Å². The van der Waals surface area contributed by atoms with Crippen LogP contribution in [0.25, 0.3) is 17.0 Å². The molecule has 0 fully saturated rings. The predicted molar refractivity (Wildman–Crippen MR) is 97.0 cm³/mol. The van der Waals surface area contributed by atoms with Gasteiger partial charge < -0.3 is 0 Å². The minimum absolute atomic E-state index is 0.758. The molecule has 4 nitrogen and oxygen atoms in total.